The maximum Gasteiger partial charge on any atom is 0.337 e. The molecule has 15 heavy (non-hydrogen) atoms. The fraction of sp³-hybridized carbons (Fsp3) is 0.125. The Bertz CT molecular complexity index is 474. The van der Waals surface area contributed by atoms with Crippen molar-refractivity contribution < 1.29 is 14.8 Å². The van der Waals surface area contributed by atoms with E-state index in [1.54, 1.807) is 0 Å². The number of anilines is 1. The Labute approximate surface area is 83.6 Å². The molecule has 7 heteroatoms. The van der Waals surface area contributed by atoms with Gasteiger partial charge < -0.3 is 15.4 Å². The number of nitro groups is 1. The van der Waals surface area contributed by atoms with Crippen molar-refractivity contribution in [2.24, 2.45) is 0 Å². The lowest BCUT2D eigenvalue weighted by atomic mass is 10.1. The Kier molecular flexibility index (Phi) is 1.93. The fourth-order valence-corrected chi connectivity index (χ4v) is 1.42. The number of H-pyrrole nitrogens is 1. The molecule has 78 valence electrons. The van der Waals surface area contributed by atoms with E-state index in [1.807, 2.05) is 0 Å². The fourth-order valence-electron chi connectivity index (χ4n) is 1.42. The Morgan fingerprint density at radius 1 is 1.60 bits per heavy atom. The van der Waals surface area contributed by atoms with Crippen LogP contribution in [-0.4, -0.2) is 27.5 Å². The lowest BCUT2D eigenvalue weighted by molar-refractivity contribution is -0.423. The maximum absolute atomic E-state index is 10.8. The van der Waals surface area contributed by atoms with Crippen molar-refractivity contribution in [1.29, 1.82) is 0 Å². The molecule has 0 saturated heterocycles. The molecular weight excluding hydrogens is 202 g/mol. The zero-order chi connectivity index (χ0) is 11.0. The molecule has 0 aliphatic carbocycles. The largest absolute Gasteiger partial charge is 0.478 e. The van der Waals surface area contributed by atoms with Crippen LogP contribution in [0, 0.1) is 10.1 Å². The minimum Gasteiger partial charge on any atom is -0.478 e. The summed E-state index contributed by atoms with van der Waals surface area (Å²) in [5, 5.41) is 22.1. The molecule has 2 heterocycles. The topological polar surface area (TPSA) is 108 Å². The van der Waals surface area contributed by atoms with Crippen molar-refractivity contribution in [2.75, 3.05) is 11.9 Å². The number of carboxylic acid groups (broad SMARTS) is 1. The minimum atomic E-state index is -1.12. The second kappa shape index (κ2) is 3.12. The summed E-state index contributed by atoms with van der Waals surface area (Å²) in [7, 11) is 0. The molecular formula is C8H7N3O4. The van der Waals surface area contributed by atoms with E-state index in [-0.39, 0.29) is 17.8 Å². The van der Waals surface area contributed by atoms with Crippen LogP contribution in [0.3, 0.4) is 0 Å². The van der Waals surface area contributed by atoms with Crippen LogP contribution in [0.15, 0.2) is 11.9 Å². The third kappa shape index (κ3) is 1.43. The zero-order valence-electron chi connectivity index (χ0n) is 7.48. The summed E-state index contributed by atoms with van der Waals surface area (Å²) in [6.45, 7) is 0.0829. The van der Waals surface area contributed by atoms with Crippen LogP contribution in [0.1, 0.15) is 15.9 Å². The molecule has 0 amide bonds. The van der Waals surface area contributed by atoms with Crippen LogP contribution in [0.25, 0.3) is 6.08 Å². The van der Waals surface area contributed by atoms with Gasteiger partial charge in [0.1, 0.15) is 12.4 Å². The van der Waals surface area contributed by atoms with Crippen molar-refractivity contribution >= 4 is 17.9 Å². The van der Waals surface area contributed by atoms with Crippen LogP contribution < -0.4 is 5.32 Å². The number of aromatic carboxylic acids is 1. The molecule has 0 radical (unpaired) electrons. The SMILES string of the molecule is O=C(O)c1c[nH]c2c1C=C([N+](=O)[O-])CN2. The molecule has 0 unspecified atom stereocenters. The van der Waals surface area contributed by atoms with E-state index in [4.69, 9.17) is 5.11 Å². The van der Waals surface area contributed by atoms with Crippen molar-refractivity contribution in [3.63, 3.8) is 0 Å². The smallest absolute Gasteiger partial charge is 0.337 e. The predicted molar refractivity (Wildman–Crippen MR) is 51.2 cm³/mol. The number of rotatable bonds is 2. The number of carbonyl (C=O) groups is 1. The Morgan fingerprint density at radius 3 is 2.93 bits per heavy atom. The minimum absolute atomic E-state index is 0.0246. The highest BCUT2D eigenvalue weighted by Gasteiger charge is 2.23. The summed E-state index contributed by atoms with van der Waals surface area (Å²) in [4.78, 5) is 23.4. The third-order valence-electron chi connectivity index (χ3n) is 2.14. The quantitative estimate of drug-likeness (QED) is 0.492. The Morgan fingerprint density at radius 2 is 2.33 bits per heavy atom. The van der Waals surface area contributed by atoms with E-state index in [1.165, 1.54) is 12.3 Å². The number of carboxylic acids is 1. The average Bonchev–Trinajstić information content (AvgIpc) is 2.59. The van der Waals surface area contributed by atoms with Crippen LogP contribution in [0.5, 0.6) is 0 Å². The van der Waals surface area contributed by atoms with Gasteiger partial charge in [-0.05, 0) is 0 Å². The summed E-state index contributed by atoms with van der Waals surface area (Å²) in [5.74, 6) is -0.617. The van der Waals surface area contributed by atoms with Crippen molar-refractivity contribution in [3.8, 4) is 0 Å². The highest BCUT2D eigenvalue weighted by atomic mass is 16.6. The molecule has 0 spiro atoms. The van der Waals surface area contributed by atoms with Gasteiger partial charge in [0.05, 0.1) is 10.5 Å². The molecule has 1 aromatic rings. The van der Waals surface area contributed by atoms with Gasteiger partial charge in [-0.3, -0.25) is 10.1 Å². The highest BCUT2D eigenvalue weighted by Crippen LogP contribution is 2.26. The van der Waals surface area contributed by atoms with E-state index in [9.17, 15) is 14.9 Å². The molecule has 0 bridgehead atoms. The first-order valence-electron chi connectivity index (χ1n) is 4.13. The van der Waals surface area contributed by atoms with Gasteiger partial charge in [-0.1, -0.05) is 0 Å². The van der Waals surface area contributed by atoms with Gasteiger partial charge in [0.15, 0.2) is 0 Å². The number of nitrogens with one attached hydrogen (secondary N) is 2. The van der Waals surface area contributed by atoms with Crippen molar-refractivity contribution in [3.05, 3.63) is 33.1 Å². The zero-order valence-corrected chi connectivity index (χ0v) is 7.48. The highest BCUT2D eigenvalue weighted by molar-refractivity contribution is 5.95. The summed E-state index contributed by atoms with van der Waals surface area (Å²) in [6.07, 6.45) is 2.57. The Hall–Kier alpha value is -2.31. The van der Waals surface area contributed by atoms with Gasteiger partial charge in [-0.15, -0.1) is 0 Å². The summed E-state index contributed by atoms with van der Waals surface area (Å²) in [6, 6.07) is 0. The maximum atomic E-state index is 10.8. The molecule has 1 aliphatic rings. The predicted octanol–water partition coefficient (Wildman–Crippen LogP) is 0.756. The van der Waals surface area contributed by atoms with E-state index in [2.05, 4.69) is 10.3 Å². The van der Waals surface area contributed by atoms with Crippen LogP contribution in [0.2, 0.25) is 0 Å². The van der Waals surface area contributed by atoms with Crippen molar-refractivity contribution in [1.82, 2.24) is 4.98 Å². The standard InChI is InChI=1S/C8H7N3O4/c12-8(13)6-3-10-7-5(6)1-4(2-9-7)11(14)15/h1,3,9-10H,2H2,(H,12,13). The number of fused-ring (bicyclic) bond motifs is 1. The molecule has 2 rings (SSSR count). The lowest BCUT2D eigenvalue weighted by Crippen LogP contribution is -2.16. The molecule has 0 aromatic carbocycles. The second-order valence-electron chi connectivity index (χ2n) is 3.04. The van der Waals surface area contributed by atoms with Gasteiger partial charge in [0, 0.05) is 17.8 Å². The van der Waals surface area contributed by atoms with Gasteiger partial charge in [0.25, 0.3) is 5.70 Å². The molecule has 1 aliphatic heterocycles. The Balaban J connectivity index is 2.51. The first kappa shape index (κ1) is 9.25. The number of aromatic amines is 1. The summed E-state index contributed by atoms with van der Waals surface area (Å²) < 4.78 is 0. The van der Waals surface area contributed by atoms with Gasteiger partial charge in [-0.25, -0.2) is 4.79 Å². The van der Waals surface area contributed by atoms with E-state index < -0.39 is 10.9 Å². The van der Waals surface area contributed by atoms with E-state index in [0.29, 0.717) is 11.4 Å². The monoisotopic (exact) mass is 209 g/mol. The molecule has 1 aromatic heterocycles. The average molecular weight is 209 g/mol. The summed E-state index contributed by atoms with van der Waals surface area (Å²) >= 11 is 0. The lowest BCUT2D eigenvalue weighted by Gasteiger charge is -2.09. The van der Waals surface area contributed by atoms with Gasteiger partial charge in [0.2, 0.25) is 0 Å². The molecule has 0 atom stereocenters. The first-order valence-corrected chi connectivity index (χ1v) is 4.13. The van der Waals surface area contributed by atoms with Gasteiger partial charge >= 0.3 is 5.97 Å². The first-order chi connectivity index (χ1) is 7.09. The van der Waals surface area contributed by atoms with Crippen molar-refractivity contribution in [2.45, 2.75) is 0 Å². The number of nitrogens with zero attached hydrogens (tertiary/aromatic N) is 1. The number of aromatic nitrogens is 1. The molecule has 0 fully saturated rings. The van der Waals surface area contributed by atoms with E-state index >= 15 is 0 Å². The molecule has 7 nitrogen and oxygen atoms in total. The summed E-state index contributed by atoms with van der Waals surface area (Å²) in [5.41, 5.74) is 0.293. The van der Waals surface area contributed by atoms with Crippen LogP contribution in [-0.2, 0) is 0 Å². The number of hydrogen-bond acceptors (Lipinski definition) is 4. The van der Waals surface area contributed by atoms with Crippen LogP contribution >= 0.6 is 0 Å². The molecule has 3 N–H and O–H groups in total. The van der Waals surface area contributed by atoms with Gasteiger partial charge in [-0.2, -0.15) is 0 Å². The molecule has 0 saturated carbocycles. The second-order valence-corrected chi connectivity index (χ2v) is 3.04. The number of hydrogen-bond donors (Lipinski definition) is 3. The normalized spacial score (nSPS) is 13.7. The van der Waals surface area contributed by atoms with Crippen LogP contribution in [0.4, 0.5) is 5.82 Å². The third-order valence-corrected chi connectivity index (χ3v) is 2.14. The van der Waals surface area contributed by atoms with E-state index in [0.717, 1.165) is 0 Å².